The predicted molar refractivity (Wildman–Crippen MR) is 116 cm³/mol. The Morgan fingerprint density at radius 2 is 1.86 bits per heavy atom. The summed E-state index contributed by atoms with van der Waals surface area (Å²) in [5.74, 6) is 1.35. The molecule has 0 radical (unpaired) electrons. The van der Waals surface area contributed by atoms with Gasteiger partial charge >= 0.3 is 0 Å². The second-order valence-corrected chi connectivity index (χ2v) is 8.54. The van der Waals surface area contributed by atoms with Crippen LogP contribution in [0, 0.1) is 0 Å². The fourth-order valence-corrected chi connectivity index (χ4v) is 5.17. The van der Waals surface area contributed by atoms with Gasteiger partial charge in [-0.05, 0) is 60.1 Å². The number of aromatic nitrogens is 3. The Labute approximate surface area is 170 Å². The molecule has 2 aliphatic rings. The number of piperidine rings is 1. The lowest BCUT2D eigenvalue weighted by atomic mass is 9.84. The van der Waals surface area contributed by atoms with Crippen molar-refractivity contribution in [3.05, 3.63) is 83.4 Å². The molecule has 3 unspecified atom stereocenters. The number of nitrogens with zero attached hydrogens (tertiary/aromatic N) is 2. The van der Waals surface area contributed by atoms with Crippen molar-refractivity contribution in [2.24, 2.45) is 0 Å². The van der Waals surface area contributed by atoms with Crippen molar-refractivity contribution in [3.8, 4) is 11.1 Å². The number of benzene rings is 2. The quantitative estimate of drug-likeness (QED) is 0.447. The van der Waals surface area contributed by atoms with Crippen molar-refractivity contribution < 1.29 is 0 Å². The third-order valence-corrected chi connectivity index (χ3v) is 6.55. The minimum absolute atomic E-state index is 0.336. The molecule has 4 heteroatoms. The van der Waals surface area contributed by atoms with Crippen LogP contribution in [0.4, 0.5) is 0 Å². The lowest BCUT2D eigenvalue weighted by molar-refractivity contribution is 0.300. The summed E-state index contributed by atoms with van der Waals surface area (Å²) in [6.07, 6.45) is 7.00. The zero-order valence-corrected chi connectivity index (χ0v) is 16.5. The molecule has 0 spiro atoms. The van der Waals surface area contributed by atoms with Gasteiger partial charge in [0.25, 0.3) is 0 Å². The smallest absolute Gasteiger partial charge is 0.132 e. The minimum Gasteiger partial charge on any atom is -0.359 e. The van der Waals surface area contributed by atoms with Gasteiger partial charge in [0, 0.05) is 24.2 Å². The van der Waals surface area contributed by atoms with E-state index in [4.69, 9.17) is 4.98 Å². The van der Waals surface area contributed by atoms with Crippen LogP contribution in [0.15, 0.2) is 60.9 Å². The summed E-state index contributed by atoms with van der Waals surface area (Å²) < 4.78 is 0. The summed E-state index contributed by atoms with van der Waals surface area (Å²) in [5.41, 5.74) is 9.08. The highest BCUT2D eigenvalue weighted by Crippen LogP contribution is 2.40. The van der Waals surface area contributed by atoms with Crippen LogP contribution in [0.25, 0.3) is 22.2 Å². The van der Waals surface area contributed by atoms with Gasteiger partial charge in [0.1, 0.15) is 5.82 Å². The van der Waals surface area contributed by atoms with Gasteiger partial charge in [0.05, 0.1) is 17.2 Å². The van der Waals surface area contributed by atoms with Gasteiger partial charge in [0.2, 0.25) is 0 Å². The van der Waals surface area contributed by atoms with E-state index in [1.165, 1.54) is 27.8 Å². The van der Waals surface area contributed by atoms with Crippen LogP contribution < -0.4 is 5.32 Å². The summed E-state index contributed by atoms with van der Waals surface area (Å²) in [5, 5.41) is 3.82. The fourth-order valence-electron chi connectivity index (χ4n) is 5.17. The number of rotatable bonds is 2. The third kappa shape index (κ3) is 2.87. The Morgan fingerprint density at radius 3 is 2.83 bits per heavy atom. The minimum atomic E-state index is 0.336. The molecule has 1 saturated heterocycles. The molecule has 0 saturated carbocycles. The number of fused-ring (bicyclic) bond motifs is 4. The lowest BCUT2D eigenvalue weighted by Gasteiger charge is -2.34. The molecule has 4 aromatic rings. The number of hydrogen-bond acceptors (Lipinski definition) is 3. The Morgan fingerprint density at radius 1 is 0.966 bits per heavy atom. The number of nitrogens with one attached hydrogen (secondary N) is 2. The second kappa shape index (κ2) is 6.53. The van der Waals surface area contributed by atoms with Gasteiger partial charge in [-0.25, -0.2) is 9.97 Å². The van der Waals surface area contributed by atoms with Gasteiger partial charge in [-0.2, -0.15) is 0 Å². The standard InChI is InChI=1S/C25H24N4/c1-15-10-19(25-27-14-24-22(29-25)8-9-26-24)13-23(28-15)17-6-7-21-18(12-17)11-16-4-2-3-5-20(16)21/h2-9,12,14-15,19,23,26,28H,10-11,13H2,1H3. The number of aromatic amines is 1. The lowest BCUT2D eigenvalue weighted by Crippen LogP contribution is -2.38. The molecular weight excluding hydrogens is 356 g/mol. The van der Waals surface area contributed by atoms with E-state index in [1.54, 1.807) is 0 Å². The molecule has 2 N–H and O–H groups in total. The molecule has 3 atom stereocenters. The zero-order chi connectivity index (χ0) is 19.4. The van der Waals surface area contributed by atoms with Crippen LogP contribution in [-0.4, -0.2) is 21.0 Å². The highest BCUT2D eigenvalue weighted by Gasteiger charge is 2.30. The van der Waals surface area contributed by atoms with Crippen molar-refractivity contribution >= 4 is 11.0 Å². The van der Waals surface area contributed by atoms with E-state index in [1.807, 2.05) is 18.5 Å². The van der Waals surface area contributed by atoms with Crippen LogP contribution in [-0.2, 0) is 6.42 Å². The Kier molecular flexibility index (Phi) is 3.81. The van der Waals surface area contributed by atoms with Gasteiger partial charge in [-0.3, -0.25) is 0 Å². The van der Waals surface area contributed by atoms with E-state index in [-0.39, 0.29) is 0 Å². The van der Waals surface area contributed by atoms with E-state index < -0.39 is 0 Å². The van der Waals surface area contributed by atoms with Gasteiger partial charge in [-0.1, -0.05) is 42.5 Å². The van der Waals surface area contributed by atoms with E-state index >= 15 is 0 Å². The molecule has 1 aliphatic carbocycles. The molecule has 1 fully saturated rings. The van der Waals surface area contributed by atoms with Crippen LogP contribution in [0.1, 0.15) is 54.2 Å². The molecule has 1 aliphatic heterocycles. The normalized spacial score (nSPS) is 23.1. The first-order valence-corrected chi connectivity index (χ1v) is 10.5. The fraction of sp³-hybridized carbons (Fsp3) is 0.280. The predicted octanol–water partition coefficient (Wildman–Crippen LogP) is 5.13. The first kappa shape index (κ1) is 16.9. The summed E-state index contributed by atoms with van der Waals surface area (Å²) in [6, 6.07) is 18.6. The number of hydrogen-bond donors (Lipinski definition) is 2. The van der Waals surface area contributed by atoms with Gasteiger partial charge in [0.15, 0.2) is 0 Å². The first-order chi connectivity index (χ1) is 14.2. The van der Waals surface area contributed by atoms with E-state index in [2.05, 4.69) is 64.7 Å². The summed E-state index contributed by atoms with van der Waals surface area (Å²) >= 11 is 0. The maximum absolute atomic E-state index is 4.84. The number of H-pyrrole nitrogens is 1. The summed E-state index contributed by atoms with van der Waals surface area (Å²) in [4.78, 5) is 12.7. The largest absolute Gasteiger partial charge is 0.359 e. The van der Waals surface area contributed by atoms with Gasteiger partial charge in [-0.15, -0.1) is 0 Å². The Bertz CT molecular complexity index is 1210. The van der Waals surface area contributed by atoms with E-state index in [0.29, 0.717) is 18.0 Å². The molecule has 2 aromatic carbocycles. The maximum atomic E-state index is 4.84. The average molecular weight is 380 g/mol. The molecular formula is C25H24N4. The first-order valence-electron chi connectivity index (χ1n) is 10.5. The Hall–Kier alpha value is -2.98. The van der Waals surface area contributed by atoms with Gasteiger partial charge < -0.3 is 10.3 Å². The van der Waals surface area contributed by atoms with Crippen LogP contribution in [0.3, 0.4) is 0 Å². The monoisotopic (exact) mass is 380 g/mol. The molecule has 2 aromatic heterocycles. The summed E-state index contributed by atoms with van der Waals surface area (Å²) in [7, 11) is 0. The van der Waals surface area contributed by atoms with Crippen molar-refractivity contribution in [3.63, 3.8) is 0 Å². The molecule has 0 bridgehead atoms. The highest BCUT2D eigenvalue weighted by molar-refractivity contribution is 5.77. The van der Waals surface area contributed by atoms with Crippen molar-refractivity contribution in [1.82, 2.24) is 20.3 Å². The molecule has 144 valence electrons. The highest BCUT2D eigenvalue weighted by atomic mass is 15.0. The average Bonchev–Trinajstić information content (AvgIpc) is 3.36. The van der Waals surface area contributed by atoms with E-state index in [9.17, 15) is 0 Å². The van der Waals surface area contributed by atoms with Crippen molar-refractivity contribution in [2.75, 3.05) is 0 Å². The molecule has 29 heavy (non-hydrogen) atoms. The molecule has 3 heterocycles. The summed E-state index contributed by atoms with van der Waals surface area (Å²) in [6.45, 7) is 2.28. The second-order valence-electron chi connectivity index (χ2n) is 8.54. The molecule has 6 rings (SSSR count). The van der Waals surface area contributed by atoms with E-state index in [0.717, 1.165) is 36.1 Å². The Balaban J connectivity index is 1.31. The van der Waals surface area contributed by atoms with Crippen molar-refractivity contribution in [1.29, 1.82) is 0 Å². The zero-order valence-electron chi connectivity index (χ0n) is 16.5. The molecule has 0 amide bonds. The van der Waals surface area contributed by atoms with Crippen molar-refractivity contribution in [2.45, 2.75) is 44.2 Å². The molecule has 4 nitrogen and oxygen atoms in total. The topological polar surface area (TPSA) is 53.6 Å². The van der Waals surface area contributed by atoms with Crippen LogP contribution in [0.2, 0.25) is 0 Å². The maximum Gasteiger partial charge on any atom is 0.132 e. The van der Waals surface area contributed by atoms with Crippen LogP contribution in [0.5, 0.6) is 0 Å². The third-order valence-electron chi connectivity index (χ3n) is 6.55. The van der Waals surface area contributed by atoms with Crippen LogP contribution >= 0.6 is 0 Å². The SMILES string of the molecule is CC1CC(c2ncc3[nH]ccc3n2)CC(c2ccc3c(c2)Cc2ccccc2-3)N1.